The Labute approximate surface area is 126 Å². The molecule has 0 atom stereocenters. The van der Waals surface area contributed by atoms with Gasteiger partial charge in [-0.2, -0.15) is 0 Å². The van der Waals surface area contributed by atoms with Crippen molar-refractivity contribution in [1.82, 2.24) is 0 Å². The molecule has 0 aliphatic carbocycles. The number of amides is 1. The van der Waals surface area contributed by atoms with Crippen LogP contribution in [-0.4, -0.2) is 17.0 Å². The standard InChI is InChI=1S/C14H14ClN3O3/c1-2-9-4-6-12(21-9)14(19)17-11-7-8(15)3-5-10(11)13(16)18-20/h3-7,20H,2H2,1H3,(H2,16,18)(H,17,19). The number of benzene rings is 1. The summed E-state index contributed by atoms with van der Waals surface area (Å²) >= 11 is 5.90. The molecule has 0 saturated carbocycles. The molecule has 1 heterocycles. The molecule has 0 unspecified atom stereocenters. The largest absolute Gasteiger partial charge is 0.456 e. The molecule has 0 aliphatic heterocycles. The predicted octanol–water partition coefficient (Wildman–Crippen LogP) is 2.84. The minimum absolute atomic E-state index is 0.129. The molecule has 2 rings (SSSR count). The van der Waals surface area contributed by atoms with Gasteiger partial charge in [0.25, 0.3) is 5.91 Å². The SMILES string of the molecule is CCc1ccc(C(=O)Nc2cc(Cl)ccc2C(N)=NO)o1. The molecule has 4 N–H and O–H groups in total. The quantitative estimate of drug-likeness (QED) is 0.350. The number of nitrogens with zero attached hydrogens (tertiary/aromatic N) is 1. The van der Waals surface area contributed by atoms with E-state index in [9.17, 15) is 4.79 Å². The van der Waals surface area contributed by atoms with Gasteiger partial charge in [-0.3, -0.25) is 4.79 Å². The Kier molecular flexibility index (Phi) is 4.49. The number of nitrogens with one attached hydrogen (secondary N) is 1. The lowest BCUT2D eigenvalue weighted by molar-refractivity contribution is 0.0995. The lowest BCUT2D eigenvalue weighted by atomic mass is 10.1. The van der Waals surface area contributed by atoms with E-state index in [-0.39, 0.29) is 11.6 Å². The van der Waals surface area contributed by atoms with Gasteiger partial charge in [-0.1, -0.05) is 23.7 Å². The number of carbonyl (C=O) groups is 1. The summed E-state index contributed by atoms with van der Waals surface area (Å²) in [6, 6.07) is 7.95. The maximum absolute atomic E-state index is 12.1. The second kappa shape index (κ2) is 6.32. The van der Waals surface area contributed by atoms with E-state index in [0.29, 0.717) is 28.5 Å². The first-order chi connectivity index (χ1) is 10.0. The second-order valence-corrected chi connectivity index (χ2v) is 4.69. The highest BCUT2D eigenvalue weighted by molar-refractivity contribution is 6.31. The van der Waals surface area contributed by atoms with Gasteiger partial charge in [-0.15, -0.1) is 0 Å². The maximum atomic E-state index is 12.1. The van der Waals surface area contributed by atoms with Crippen molar-refractivity contribution in [3.63, 3.8) is 0 Å². The summed E-state index contributed by atoms with van der Waals surface area (Å²) in [5, 5.41) is 14.7. The van der Waals surface area contributed by atoms with Crippen molar-refractivity contribution in [1.29, 1.82) is 0 Å². The number of halogens is 1. The highest BCUT2D eigenvalue weighted by atomic mass is 35.5. The average molecular weight is 308 g/mol. The van der Waals surface area contributed by atoms with E-state index in [0.717, 1.165) is 0 Å². The first-order valence-electron chi connectivity index (χ1n) is 6.22. The molecule has 21 heavy (non-hydrogen) atoms. The van der Waals surface area contributed by atoms with Crippen LogP contribution in [0.1, 0.15) is 28.8 Å². The van der Waals surface area contributed by atoms with Crippen molar-refractivity contribution in [2.75, 3.05) is 5.32 Å². The number of carbonyl (C=O) groups excluding carboxylic acids is 1. The van der Waals surface area contributed by atoms with Gasteiger partial charge in [-0.05, 0) is 30.3 Å². The summed E-state index contributed by atoms with van der Waals surface area (Å²) in [5.74, 6) is 0.319. The summed E-state index contributed by atoms with van der Waals surface area (Å²) < 4.78 is 5.37. The molecule has 0 bridgehead atoms. The smallest absolute Gasteiger partial charge is 0.291 e. The van der Waals surface area contributed by atoms with Crippen LogP contribution in [-0.2, 0) is 6.42 Å². The van der Waals surface area contributed by atoms with Crippen molar-refractivity contribution in [2.24, 2.45) is 10.9 Å². The molecule has 0 spiro atoms. The normalized spacial score (nSPS) is 11.4. The van der Waals surface area contributed by atoms with Crippen LogP contribution in [0.25, 0.3) is 0 Å². The van der Waals surface area contributed by atoms with Gasteiger partial charge in [-0.25, -0.2) is 0 Å². The Morgan fingerprint density at radius 3 is 2.81 bits per heavy atom. The summed E-state index contributed by atoms with van der Waals surface area (Å²) in [6.45, 7) is 1.92. The first kappa shape index (κ1) is 14.9. The van der Waals surface area contributed by atoms with Crippen LogP contribution in [0, 0.1) is 0 Å². The van der Waals surface area contributed by atoms with Gasteiger partial charge >= 0.3 is 0 Å². The fourth-order valence-electron chi connectivity index (χ4n) is 1.77. The fourth-order valence-corrected chi connectivity index (χ4v) is 1.94. The highest BCUT2D eigenvalue weighted by Crippen LogP contribution is 2.22. The lowest BCUT2D eigenvalue weighted by Crippen LogP contribution is -2.19. The Hall–Kier alpha value is -2.47. The number of anilines is 1. The molecule has 110 valence electrons. The van der Waals surface area contributed by atoms with Gasteiger partial charge in [0.2, 0.25) is 0 Å². The number of rotatable bonds is 4. The van der Waals surface area contributed by atoms with Crippen molar-refractivity contribution < 1.29 is 14.4 Å². The van der Waals surface area contributed by atoms with E-state index in [4.69, 9.17) is 27.0 Å². The third kappa shape index (κ3) is 3.35. The van der Waals surface area contributed by atoms with Gasteiger partial charge < -0.3 is 20.7 Å². The van der Waals surface area contributed by atoms with Crippen LogP contribution < -0.4 is 11.1 Å². The van der Waals surface area contributed by atoms with Crippen LogP contribution in [0.4, 0.5) is 5.69 Å². The maximum Gasteiger partial charge on any atom is 0.291 e. The molecule has 0 aliphatic rings. The van der Waals surface area contributed by atoms with E-state index in [2.05, 4.69) is 10.5 Å². The van der Waals surface area contributed by atoms with E-state index < -0.39 is 5.91 Å². The zero-order chi connectivity index (χ0) is 15.4. The molecule has 1 aromatic carbocycles. The van der Waals surface area contributed by atoms with Crippen molar-refractivity contribution >= 4 is 29.0 Å². The number of hydrogen-bond donors (Lipinski definition) is 3. The molecule has 0 fully saturated rings. The molecule has 0 saturated heterocycles. The number of aryl methyl sites for hydroxylation is 1. The third-order valence-corrected chi connectivity index (χ3v) is 3.08. The molecule has 2 aromatic rings. The van der Waals surface area contributed by atoms with Crippen molar-refractivity contribution in [3.05, 3.63) is 52.4 Å². The highest BCUT2D eigenvalue weighted by Gasteiger charge is 2.15. The Balaban J connectivity index is 2.30. The number of furan rings is 1. The Bertz CT molecular complexity index is 695. The molecular weight excluding hydrogens is 294 g/mol. The fraction of sp³-hybridized carbons (Fsp3) is 0.143. The van der Waals surface area contributed by atoms with Crippen molar-refractivity contribution in [2.45, 2.75) is 13.3 Å². The van der Waals surface area contributed by atoms with E-state index in [1.165, 1.54) is 6.07 Å². The van der Waals surface area contributed by atoms with Crippen LogP contribution >= 0.6 is 11.6 Å². The summed E-state index contributed by atoms with van der Waals surface area (Å²) in [6.07, 6.45) is 0.694. The number of oxime groups is 1. The van der Waals surface area contributed by atoms with Gasteiger partial charge in [0.15, 0.2) is 11.6 Å². The van der Waals surface area contributed by atoms with Crippen LogP contribution in [0.2, 0.25) is 5.02 Å². The lowest BCUT2D eigenvalue weighted by Gasteiger charge is -2.09. The van der Waals surface area contributed by atoms with E-state index in [1.807, 2.05) is 6.92 Å². The van der Waals surface area contributed by atoms with Gasteiger partial charge in [0, 0.05) is 17.0 Å². The first-order valence-corrected chi connectivity index (χ1v) is 6.60. The zero-order valence-corrected chi connectivity index (χ0v) is 12.0. The molecular formula is C14H14ClN3O3. The Morgan fingerprint density at radius 2 is 2.19 bits per heavy atom. The third-order valence-electron chi connectivity index (χ3n) is 2.85. The molecule has 7 heteroatoms. The van der Waals surface area contributed by atoms with Crippen LogP contribution in [0.5, 0.6) is 0 Å². The number of amidine groups is 1. The van der Waals surface area contributed by atoms with Crippen molar-refractivity contribution in [3.8, 4) is 0 Å². The minimum atomic E-state index is -0.441. The van der Waals surface area contributed by atoms with Crippen LogP contribution in [0.3, 0.4) is 0 Å². The summed E-state index contributed by atoms with van der Waals surface area (Å²) in [7, 11) is 0. The molecule has 0 radical (unpaired) electrons. The van der Waals surface area contributed by atoms with Gasteiger partial charge in [0.05, 0.1) is 5.69 Å². The van der Waals surface area contributed by atoms with Gasteiger partial charge in [0.1, 0.15) is 5.76 Å². The van der Waals surface area contributed by atoms with E-state index >= 15 is 0 Å². The number of nitrogens with two attached hydrogens (primary N) is 1. The number of hydrogen-bond acceptors (Lipinski definition) is 4. The predicted molar refractivity (Wildman–Crippen MR) is 80.0 cm³/mol. The molecule has 1 amide bonds. The van der Waals surface area contributed by atoms with Crippen LogP contribution in [0.15, 0.2) is 39.9 Å². The Morgan fingerprint density at radius 1 is 1.43 bits per heavy atom. The topological polar surface area (TPSA) is 101 Å². The summed E-state index contributed by atoms with van der Waals surface area (Å²) in [5.41, 5.74) is 6.26. The second-order valence-electron chi connectivity index (χ2n) is 4.25. The zero-order valence-electron chi connectivity index (χ0n) is 11.3. The average Bonchev–Trinajstić information content (AvgIpc) is 2.95. The minimum Gasteiger partial charge on any atom is -0.456 e. The molecule has 1 aromatic heterocycles. The summed E-state index contributed by atoms with van der Waals surface area (Å²) in [4.78, 5) is 12.1. The monoisotopic (exact) mass is 307 g/mol. The molecule has 6 nitrogen and oxygen atoms in total. The van der Waals surface area contributed by atoms with E-state index in [1.54, 1.807) is 24.3 Å².